The molecular weight excluding hydrogens is 196 g/mol. The van der Waals surface area contributed by atoms with Gasteiger partial charge in [0.2, 0.25) is 0 Å². The van der Waals surface area contributed by atoms with Gasteiger partial charge in [0.1, 0.15) is 0 Å². The first-order chi connectivity index (χ1) is 7.72. The van der Waals surface area contributed by atoms with Gasteiger partial charge in [-0.15, -0.1) is 0 Å². The maximum atomic E-state index is 3.64. The molecule has 1 atom stereocenters. The van der Waals surface area contributed by atoms with E-state index in [0.717, 1.165) is 12.0 Å². The molecule has 1 aliphatic heterocycles. The molecular formula is C14H30N2. The largest absolute Gasteiger partial charge is 0.314 e. The summed E-state index contributed by atoms with van der Waals surface area (Å²) in [5.74, 6) is 0.861. The summed E-state index contributed by atoms with van der Waals surface area (Å²) in [6.07, 6.45) is 6.68. The van der Waals surface area contributed by atoms with Crippen molar-refractivity contribution in [2.75, 3.05) is 26.2 Å². The first kappa shape index (κ1) is 14.0. The zero-order valence-corrected chi connectivity index (χ0v) is 11.5. The van der Waals surface area contributed by atoms with Crippen molar-refractivity contribution in [3.05, 3.63) is 0 Å². The van der Waals surface area contributed by atoms with E-state index in [9.17, 15) is 0 Å². The van der Waals surface area contributed by atoms with E-state index in [1.165, 1.54) is 58.3 Å². The summed E-state index contributed by atoms with van der Waals surface area (Å²) >= 11 is 0. The number of nitrogens with zero attached hydrogens (tertiary/aromatic N) is 1. The SMILES string of the molecule is CCC1CCN(CCCC(C)C)CCCN1. The third-order valence-corrected chi connectivity index (χ3v) is 3.63. The first-order valence-electron chi connectivity index (χ1n) is 7.18. The lowest BCUT2D eigenvalue weighted by molar-refractivity contribution is 0.225. The lowest BCUT2D eigenvalue weighted by Gasteiger charge is -2.28. The highest BCUT2D eigenvalue weighted by Gasteiger charge is 2.13. The van der Waals surface area contributed by atoms with Gasteiger partial charge in [0.15, 0.2) is 0 Å². The Kier molecular flexibility index (Phi) is 7.06. The fourth-order valence-corrected chi connectivity index (χ4v) is 2.46. The molecule has 1 unspecified atom stereocenters. The van der Waals surface area contributed by atoms with E-state index >= 15 is 0 Å². The van der Waals surface area contributed by atoms with Gasteiger partial charge in [-0.3, -0.25) is 0 Å². The van der Waals surface area contributed by atoms with Crippen LogP contribution in [-0.4, -0.2) is 37.1 Å². The number of hydrogen-bond acceptors (Lipinski definition) is 2. The molecule has 0 spiro atoms. The zero-order chi connectivity index (χ0) is 11.8. The molecule has 1 fully saturated rings. The van der Waals surface area contributed by atoms with E-state index in [0.29, 0.717) is 0 Å². The van der Waals surface area contributed by atoms with Crippen LogP contribution in [0.3, 0.4) is 0 Å². The molecule has 96 valence electrons. The molecule has 0 aromatic carbocycles. The highest BCUT2D eigenvalue weighted by atomic mass is 15.1. The third-order valence-electron chi connectivity index (χ3n) is 3.63. The van der Waals surface area contributed by atoms with Gasteiger partial charge in [-0.25, -0.2) is 0 Å². The zero-order valence-electron chi connectivity index (χ0n) is 11.5. The van der Waals surface area contributed by atoms with Crippen molar-refractivity contribution in [1.82, 2.24) is 10.2 Å². The van der Waals surface area contributed by atoms with Gasteiger partial charge in [-0.1, -0.05) is 20.8 Å². The average molecular weight is 226 g/mol. The Morgan fingerprint density at radius 1 is 1.31 bits per heavy atom. The molecule has 0 saturated carbocycles. The Morgan fingerprint density at radius 2 is 2.12 bits per heavy atom. The van der Waals surface area contributed by atoms with Gasteiger partial charge in [0.05, 0.1) is 0 Å². The van der Waals surface area contributed by atoms with Crippen LogP contribution in [0.2, 0.25) is 0 Å². The summed E-state index contributed by atoms with van der Waals surface area (Å²) in [6.45, 7) is 12.1. The Labute approximate surface area is 102 Å². The lowest BCUT2D eigenvalue weighted by atomic mass is 10.1. The van der Waals surface area contributed by atoms with Crippen LogP contribution in [-0.2, 0) is 0 Å². The summed E-state index contributed by atoms with van der Waals surface area (Å²) < 4.78 is 0. The van der Waals surface area contributed by atoms with Crippen LogP contribution >= 0.6 is 0 Å². The van der Waals surface area contributed by atoms with Gasteiger partial charge in [-0.05, 0) is 64.2 Å². The van der Waals surface area contributed by atoms with E-state index in [1.54, 1.807) is 0 Å². The Morgan fingerprint density at radius 3 is 2.81 bits per heavy atom. The highest BCUT2D eigenvalue weighted by molar-refractivity contribution is 4.72. The summed E-state index contributed by atoms with van der Waals surface area (Å²) in [4.78, 5) is 2.67. The maximum Gasteiger partial charge on any atom is 0.00766 e. The summed E-state index contributed by atoms with van der Waals surface area (Å²) in [5.41, 5.74) is 0. The second kappa shape index (κ2) is 8.08. The van der Waals surface area contributed by atoms with Crippen molar-refractivity contribution >= 4 is 0 Å². The van der Waals surface area contributed by atoms with E-state index in [-0.39, 0.29) is 0 Å². The van der Waals surface area contributed by atoms with Gasteiger partial charge < -0.3 is 10.2 Å². The smallest absolute Gasteiger partial charge is 0.00766 e. The van der Waals surface area contributed by atoms with Gasteiger partial charge in [-0.2, -0.15) is 0 Å². The van der Waals surface area contributed by atoms with E-state index in [1.807, 2.05) is 0 Å². The van der Waals surface area contributed by atoms with Gasteiger partial charge in [0, 0.05) is 6.04 Å². The Balaban J connectivity index is 2.19. The Bertz CT molecular complexity index is 168. The molecule has 0 aromatic rings. The van der Waals surface area contributed by atoms with Crippen molar-refractivity contribution in [1.29, 1.82) is 0 Å². The van der Waals surface area contributed by atoms with E-state index in [2.05, 4.69) is 31.0 Å². The summed E-state index contributed by atoms with van der Waals surface area (Å²) in [5, 5.41) is 3.64. The molecule has 2 nitrogen and oxygen atoms in total. The van der Waals surface area contributed by atoms with Crippen molar-refractivity contribution in [3.8, 4) is 0 Å². The molecule has 16 heavy (non-hydrogen) atoms. The fraction of sp³-hybridized carbons (Fsp3) is 1.00. The molecule has 1 rings (SSSR count). The van der Waals surface area contributed by atoms with Crippen molar-refractivity contribution in [3.63, 3.8) is 0 Å². The molecule has 2 heteroatoms. The van der Waals surface area contributed by atoms with Gasteiger partial charge >= 0.3 is 0 Å². The van der Waals surface area contributed by atoms with E-state index < -0.39 is 0 Å². The number of hydrogen-bond donors (Lipinski definition) is 1. The minimum absolute atomic E-state index is 0.757. The predicted molar refractivity (Wildman–Crippen MR) is 71.8 cm³/mol. The summed E-state index contributed by atoms with van der Waals surface area (Å²) in [7, 11) is 0. The Hall–Kier alpha value is -0.0800. The molecule has 1 aliphatic rings. The second-order valence-electron chi connectivity index (χ2n) is 5.58. The van der Waals surface area contributed by atoms with E-state index in [4.69, 9.17) is 0 Å². The van der Waals surface area contributed by atoms with Crippen LogP contribution in [0.25, 0.3) is 0 Å². The van der Waals surface area contributed by atoms with Crippen LogP contribution in [0.1, 0.15) is 52.9 Å². The molecule has 0 aliphatic carbocycles. The monoisotopic (exact) mass is 226 g/mol. The van der Waals surface area contributed by atoms with Gasteiger partial charge in [0.25, 0.3) is 0 Å². The third kappa shape index (κ3) is 5.86. The first-order valence-corrected chi connectivity index (χ1v) is 7.18. The van der Waals surface area contributed by atoms with Crippen molar-refractivity contribution < 1.29 is 0 Å². The normalized spacial score (nSPS) is 24.4. The molecule has 1 heterocycles. The second-order valence-corrected chi connectivity index (χ2v) is 5.58. The highest BCUT2D eigenvalue weighted by Crippen LogP contribution is 2.09. The van der Waals surface area contributed by atoms with Crippen LogP contribution < -0.4 is 5.32 Å². The minimum atomic E-state index is 0.757. The standard InChI is InChI=1S/C14H30N2/c1-4-14-8-12-16(11-6-9-15-14)10-5-7-13(2)3/h13-15H,4-12H2,1-3H3. The number of nitrogens with one attached hydrogen (secondary N) is 1. The molecule has 1 N–H and O–H groups in total. The molecule has 0 aromatic heterocycles. The maximum absolute atomic E-state index is 3.64. The van der Waals surface area contributed by atoms with Crippen molar-refractivity contribution in [2.45, 2.75) is 58.9 Å². The molecule has 1 saturated heterocycles. The van der Waals surface area contributed by atoms with Crippen molar-refractivity contribution in [2.24, 2.45) is 5.92 Å². The number of rotatable bonds is 5. The van der Waals surface area contributed by atoms with Crippen LogP contribution in [0.15, 0.2) is 0 Å². The summed E-state index contributed by atoms with van der Waals surface area (Å²) in [6, 6.07) is 0.757. The molecule has 0 amide bonds. The quantitative estimate of drug-likeness (QED) is 0.775. The molecule has 0 radical (unpaired) electrons. The van der Waals surface area contributed by atoms with Crippen LogP contribution in [0, 0.1) is 5.92 Å². The minimum Gasteiger partial charge on any atom is -0.314 e. The lowest BCUT2D eigenvalue weighted by Crippen LogP contribution is -2.39. The topological polar surface area (TPSA) is 15.3 Å². The van der Waals surface area contributed by atoms with Crippen LogP contribution in [0.5, 0.6) is 0 Å². The molecule has 0 bridgehead atoms. The predicted octanol–water partition coefficient (Wildman–Crippen LogP) is 2.89. The fourth-order valence-electron chi connectivity index (χ4n) is 2.46. The average Bonchev–Trinajstić information content (AvgIpc) is 2.21. The van der Waals surface area contributed by atoms with Crippen LogP contribution in [0.4, 0.5) is 0 Å².